The van der Waals surface area contributed by atoms with E-state index in [1.807, 2.05) is 4.72 Å². The van der Waals surface area contributed by atoms with Gasteiger partial charge in [-0.1, -0.05) is 11.6 Å². The van der Waals surface area contributed by atoms with E-state index in [1.54, 1.807) is 0 Å². The number of sulfonamides is 1. The molecule has 0 fully saturated rings. The van der Waals surface area contributed by atoms with E-state index >= 15 is 0 Å². The number of hydrogen-bond donors (Lipinski definition) is 1. The van der Waals surface area contributed by atoms with E-state index in [0.29, 0.717) is 0 Å². The molecule has 2 aromatic carbocycles. The van der Waals surface area contributed by atoms with E-state index in [-0.39, 0.29) is 21.4 Å². The molecule has 132 valence electrons. The summed E-state index contributed by atoms with van der Waals surface area (Å²) < 4.78 is 30.8. The lowest BCUT2D eigenvalue weighted by Gasteiger charge is -2.09. The highest BCUT2D eigenvalue weighted by Crippen LogP contribution is 2.38. The zero-order chi connectivity index (χ0) is 18.8. The molecule has 0 radical (unpaired) electrons. The van der Waals surface area contributed by atoms with E-state index in [4.69, 9.17) is 16.3 Å². The van der Waals surface area contributed by atoms with Crippen LogP contribution in [0.1, 0.15) is 0 Å². The number of halogens is 1. The monoisotopic (exact) mass is 387 g/mol. The van der Waals surface area contributed by atoms with Crippen LogP contribution in [-0.2, 0) is 10.0 Å². The van der Waals surface area contributed by atoms with Crippen LogP contribution in [0, 0.1) is 20.2 Å². The van der Waals surface area contributed by atoms with Crippen LogP contribution in [0.2, 0.25) is 5.02 Å². The third-order valence-electron chi connectivity index (χ3n) is 3.04. The molecule has 0 aliphatic carbocycles. The molecule has 12 heteroatoms. The molecule has 0 heterocycles. The van der Waals surface area contributed by atoms with Crippen LogP contribution < -0.4 is 9.46 Å². The number of rotatable bonds is 6. The topological polar surface area (TPSA) is 142 Å². The summed E-state index contributed by atoms with van der Waals surface area (Å²) in [6, 6.07) is 6.44. The molecule has 0 aromatic heterocycles. The van der Waals surface area contributed by atoms with E-state index < -0.39 is 31.2 Å². The first-order valence-corrected chi connectivity index (χ1v) is 8.35. The number of nitrogens with zero attached hydrogens (tertiary/aromatic N) is 2. The van der Waals surface area contributed by atoms with Gasteiger partial charge in [0.25, 0.3) is 0 Å². The van der Waals surface area contributed by atoms with Crippen molar-refractivity contribution in [2.45, 2.75) is 4.90 Å². The lowest BCUT2D eigenvalue weighted by atomic mass is 10.2. The quantitative estimate of drug-likeness (QED) is 0.593. The number of ether oxygens (including phenoxy) is 1. The van der Waals surface area contributed by atoms with Crippen molar-refractivity contribution >= 4 is 33.0 Å². The minimum absolute atomic E-state index is 0.0870. The predicted octanol–water partition coefficient (Wildman–Crippen LogP) is 2.86. The standard InChI is InChI=1S/C13H10ClN3O7S/c1-15-25(22,23)9-3-5-13(11(7-9)17(20)21)24-12-4-2-8(14)6-10(12)16(18)19/h2-7,15H,1H3. The molecule has 0 spiro atoms. The highest BCUT2D eigenvalue weighted by molar-refractivity contribution is 7.89. The summed E-state index contributed by atoms with van der Waals surface area (Å²) in [6.07, 6.45) is 0. The van der Waals surface area contributed by atoms with Crippen molar-refractivity contribution < 1.29 is 23.0 Å². The maximum atomic E-state index is 11.7. The third-order valence-corrected chi connectivity index (χ3v) is 4.69. The van der Waals surface area contributed by atoms with Crippen molar-refractivity contribution in [3.63, 3.8) is 0 Å². The Morgan fingerprint density at radius 2 is 1.52 bits per heavy atom. The molecule has 0 atom stereocenters. The molecule has 0 aliphatic heterocycles. The molecule has 25 heavy (non-hydrogen) atoms. The SMILES string of the molecule is CNS(=O)(=O)c1ccc(Oc2ccc(Cl)cc2[N+](=O)[O-])c([N+](=O)[O-])c1. The predicted molar refractivity (Wildman–Crippen MR) is 87.5 cm³/mol. The third kappa shape index (κ3) is 4.02. The van der Waals surface area contributed by atoms with Gasteiger partial charge in [-0.05, 0) is 31.3 Å². The summed E-state index contributed by atoms with van der Waals surface area (Å²) in [5, 5.41) is 22.3. The van der Waals surface area contributed by atoms with Crippen LogP contribution in [0.3, 0.4) is 0 Å². The summed E-state index contributed by atoms with van der Waals surface area (Å²) in [6.45, 7) is 0. The van der Waals surface area contributed by atoms with E-state index in [1.165, 1.54) is 12.1 Å². The first-order valence-electron chi connectivity index (χ1n) is 6.49. The van der Waals surface area contributed by atoms with Crippen LogP contribution in [0.5, 0.6) is 11.5 Å². The molecule has 0 aliphatic rings. The van der Waals surface area contributed by atoms with E-state index in [0.717, 1.165) is 31.3 Å². The maximum absolute atomic E-state index is 11.7. The van der Waals surface area contributed by atoms with Crippen LogP contribution in [-0.4, -0.2) is 25.3 Å². The zero-order valence-corrected chi connectivity index (χ0v) is 14.1. The Morgan fingerprint density at radius 3 is 2.04 bits per heavy atom. The number of benzene rings is 2. The van der Waals surface area contributed by atoms with Gasteiger partial charge in [-0.2, -0.15) is 0 Å². The van der Waals surface area contributed by atoms with Crippen LogP contribution >= 0.6 is 11.6 Å². The fourth-order valence-corrected chi connectivity index (χ4v) is 2.77. The molecule has 0 saturated heterocycles. The Labute approximate surface area is 146 Å². The highest BCUT2D eigenvalue weighted by atomic mass is 35.5. The number of nitro groups is 2. The van der Waals surface area contributed by atoms with Gasteiger partial charge in [0.2, 0.25) is 21.5 Å². The van der Waals surface area contributed by atoms with E-state index in [9.17, 15) is 28.6 Å². The average molecular weight is 388 g/mol. The molecular formula is C13H10ClN3O7S. The molecule has 2 rings (SSSR count). The van der Waals surface area contributed by atoms with Crippen molar-refractivity contribution in [1.82, 2.24) is 4.72 Å². The van der Waals surface area contributed by atoms with Crippen molar-refractivity contribution in [3.05, 3.63) is 61.6 Å². The summed E-state index contributed by atoms with van der Waals surface area (Å²) in [5.41, 5.74) is -1.16. The lowest BCUT2D eigenvalue weighted by Crippen LogP contribution is -2.18. The van der Waals surface area contributed by atoms with Crippen molar-refractivity contribution in [3.8, 4) is 11.5 Å². The minimum Gasteiger partial charge on any atom is -0.443 e. The number of hydrogen-bond acceptors (Lipinski definition) is 7. The molecule has 0 unspecified atom stereocenters. The fraction of sp³-hybridized carbons (Fsp3) is 0.0769. The minimum atomic E-state index is -3.91. The van der Waals surface area contributed by atoms with Crippen molar-refractivity contribution in [2.75, 3.05) is 7.05 Å². The summed E-state index contributed by atoms with van der Waals surface area (Å²) in [5.74, 6) is -0.632. The average Bonchev–Trinajstić information content (AvgIpc) is 2.56. The molecule has 10 nitrogen and oxygen atoms in total. The zero-order valence-electron chi connectivity index (χ0n) is 12.5. The maximum Gasteiger partial charge on any atom is 0.313 e. The van der Waals surface area contributed by atoms with Gasteiger partial charge in [0.15, 0.2) is 0 Å². The second-order valence-corrected chi connectivity index (χ2v) is 6.89. The summed E-state index contributed by atoms with van der Waals surface area (Å²) in [7, 11) is -2.75. The Morgan fingerprint density at radius 1 is 1.00 bits per heavy atom. The van der Waals surface area contributed by atoms with Gasteiger partial charge in [0.05, 0.1) is 14.7 Å². The fourth-order valence-electron chi connectivity index (χ4n) is 1.85. The Kier molecular flexibility index (Phi) is 5.21. The van der Waals surface area contributed by atoms with Gasteiger partial charge in [0.1, 0.15) is 0 Å². The molecule has 1 N–H and O–H groups in total. The number of nitrogens with one attached hydrogen (secondary N) is 1. The van der Waals surface area contributed by atoms with Crippen molar-refractivity contribution in [1.29, 1.82) is 0 Å². The molecular weight excluding hydrogens is 378 g/mol. The van der Waals surface area contributed by atoms with Gasteiger partial charge in [-0.3, -0.25) is 20.2 Å². The van der Waals surface area contributed by atoms with Crippen LogP contribution in [0.25, 0.3) is 0 Å². The Hall–Kier alpha value is -2.76. The molecule has 0 amide bonds. The van der Waals surface area contributed by atoms with Crippen LogP contribution in [0.15, 0.2) is 41.3 Å². The second kappa shape index (κ2) is 7.01. The summed E-state index contributed by atoms with van der Waals surface area (Å²) in [4.78, 5) is 20.3. The van der Waals surface area contributed by atoms with Gasteiger partial charge < -0.3 is 4.74 Å². The first kappa shape index (κ1) is 18.6. The highest BCUT2D eigenvalue weighted by Gasteiger charge is 2.24. The number of nitro benzene ring substituents is 2. The first-order chi connectivity index (χ1) is 11.7. The Bertz CT molecular complexity index is 962. The van der Waals surface area contributed by atoms with Gasteiger partial charge in [-0.15, -0.1) is 0 Å². The smallest absolute Gasteiger partial charge is 0.313 e. The van der Waals surface area contributed by atoms with Gasteiger partial charge in [0, 0.05) is 17.2 Å². The largest absolute Gasteiger partial charge is 0.443 e. The van der Waals surface area contributed by atoms with Gasteiger partial charge >= 0.3 is 11.4 Å². The van der Waals surface area contributed by atoms with Crippen molar-refractivity contribution in [2.24, 2.45) is 0 Å². The van der Waals surface area contributed by atoms with E-state index in [2.05, 4.69) is 0 Å². The van der Waals surface area contributed by atoms with Gasteiger partial charge in [-0.25, -0.2) is 13.1 Å². The molecule has 2 aromatic rings. The second-order valence-electron chi connectivity index (χ2n) is 4.57. The Balaban J connectivity index is 2.54. The summed E-state index contributed by atoms with van der Waals surface area (Å²) >= 11 is 5.69. The molecule has 0 bridgehead atoms. The lowest BCUT2D eigenvalue weighted by molar-refractivity contribution is -0.387. The molecule has 0 saturated carbocycles. The normalized spacial score (nSPS) is 11.1. The van der Waals surface area contributed by atoms with Crippen LogP contribution in [0.4, 0.5) is 11.4 Å².